The van der Waals surface area contributed by atoms with Crippen molar-refractivity contribution in [1.82, 2.24) is 4.90 Å². The molecule has 4 heteroatoms. The third kappa shape index (κ3) is 3.79. The predicted molar refractivity (Wildman–Crippen MR) is 85.4 cm³/mol. The van der Waals surface area contributed by atoms with Crippen LogP contribution >= 0.6 is 12.2 Å². The minimum atomic E-state index is 0.265. The van der Waals surface area contributed by atoms with Crippen LogP contribution in [0.15, 0.2) is 24.3 Å². The first-order valence-corrected chi connectivity index (χ1v) is 7.67. The number of thiocarbonyl (C=S) groups is 1. The van der Waals surface area contributed by atoms with Crippen LogP contribution in [0.5, 0.6) is 0 Å². The first kappa shape index (κ1) is 15.0. The Bertz CT molecular complexity index is 501. The molecule has 1 aromatic carbocycles. The van der Waals surface area contributed by atoms with Gasteiger partial charge in [-0.05, 0) is 30.4 Å². The highest BCUT2D eigenvalue weighted by Gasteiger charge is 2.21. The smallest absolute Gasteiger partial charge is 0.222 e. The fraction of sp³-hybridized carbons (Fsp3) is 0.500. The van der Waals surface area contributed by atoms with E-state index in [9.17, 15) is 4.79 Å². The number of benzene rings is 1. The van der Waals surface area contributed by atoms with Gasteiger partial charge in [0, 0.05) is 25.1 Å². The molecular formula is C16H22N2OS. The molecule has 0 spiro atoms. The molecule has 3 nitrogen and oxygen atoms in total. The molecule has 20 heavy (non-hydrogen) atoms. The molecule has 1 amide bonds. The van der Waals surface area contributed by atoms with Crippen LogP contribution in [0.1, 0.15) is 43.7 Å². The Morgan fingerprint density at radius 1 is 1.45 bits per heavy atom. The average Bonchev–Trinajstić information content (AvgIpc) is 2.62. The molecule has 1 fully saturated rings. The van der Waals surface area contributed by atoms with Crippen molar-refractivity contribution in [1.29, 1.82) is 0 Å². The van der Waals surface area contributed by atoms with Gasteiger partial charge in [-0.3, -0.25) is 4.79 Å². The van der Waals surface area contributed by atoms with Crippen LogP contribution < -0.4 is 5.73 Å². The van der Waals surface area contributed by atoms with Gasteiger partial charge in [0.2, 0.25) is 5.91 Å². The summed E-state index contributed by atoms with van der Waals surface area (Å²) in [5, 5.41) is 0. The lowest BCUT2D eigenvalue weighted by Gasteiger charge is -2.21. The van der Waals surface area contributed by atoms with Crippen molar-refractivity contribution in [3.8, 4) is 0 Å². The molecule has 2 rings (SSSR count). The highest BCUT2D eigenvalue weighted by Crippen LogP contribution is 2.22. The fourth-order valence-corrected chi connectivity index (χ4v) is 2.84. The summed E-state index contributed by atoms with van der Waals surface area (Å²) in [7, 11) is 0. The summed E-state index contributed by atoms with van der Waals surface area (Å²) >= 11 is 5.00. The molecule has 0 bridgehead atoms. The van der Waals surface area contributed by atoms with Crippen LogP contribution in [0, 0.1) is 5.92 Å². The normalized spacial score (nSPS) is 19.8. The molecule has 1 atom stereocenters. The molecule has 0 aliphatic carbocycles. The first-order chi connectivity index (χ1) is 9.60. The maximum Gasteiger partial charge on any atom is 0.222 e. The second-order valence-corrected chi connectivity index (χ2v) is 5.92. The number of likely N-dealkylation sites (tertiary alicyclic amines) is 1. The van der Waals surface area contributed by atoms with Gasteiger partial charge in [-0.15, -0.1) is 0 Å². The number of hydrogen-bond donors (Lipinski definition) is 1. The zero-order valence-electron chi connectivity index (χ0n) is 12.0. The predicted octanol–water partition coefficient (Wildman–Crippen LogP) is 2.86. The van der Waals surface area contributed by atoms with Crippen LogP contribution in [0.3, 0.4) is 0 Å². The summed E-state index contributed by atoms with van der Waals surface area (Å²) in [5.41, 5.74) is 7.62. The summed E-state index contributed by atoms with van der Waals surface area (Å²) in [6.45, 7) is 3.72. The Morgan fingerprint density at radius 3 is 2.95 bits per heavy atom. The Kier molecular flexibility index (Phi) is 5.12. The second kappa shape index (κ2) is 6.84. The topological polar surface area (TPSA) is 46.3 Å². The van der Waals surface area contributed by atoms with E-state index in [-0.39, 0.29) is 5.91 Å². The lowest BCUT2D eigenvalue weighted by atomic mass is 9.98. The molecule has 0 aromatic heterocycles. The third-order valence-corrected chi connectivity index (χ3v) is 4.32. The number of nitrogens with zero attached hydrogens (tertiary/aromatic N) is 1. The molecule has 108 valence electrons. The quantitative estimate of drug-likeness (QED) is 0.867. The van der Waals surface area contributed by atoms with Gasteiger partial charge in [-0.2, -0.15) is 0 Å². The molecule has 1 heterocycles. The third-order valence-electron chi connectivity index (χ3n) is 4.09. The van der Waals surface area contributed by atoms with Crippen molar-refractivity contribution in [2.75, 3.05) is 6.54 Å². The lowest BCUT2D eigenvalue weighted by Crippen LogP contribution is -2.29. The van der Waals surface area contributed by atoms with E-state index < -0.39 is 0 Å². The first-order valence-electron chi connectivity index (χ1n) is 7.26. The summed E-state index contributed by atoms with van der Waals surface area (Å²) < 4.78 is 0. The average molecular weight is 290 g/mol. The van der Waals surface area contributed by atoms with E-state index in [1.165, 1.54) is 0 Å². The van der Waals surface area contributed by atoms with Crippen molar-refractivity contribution in [3.63, 3.8) is 0 Å². The number of nitrogens with two attached hydrogens (primary N) is 1. The molecule has 2 N–H and O–H groups in total. The number of carbonyl (C=O) groups is 1. The van der Waals surface area contributed by atoms with Crippen LogP contribution in [0.4, 0.5) is 0 Å². The summed E-state index contributed by atoms with van der Waals surface area (Å²) in [5.74, 6) is 0.952. The Labute approximate surface area is 126 Å². The molecule has 1 saturated heterocycles. The molecule has 1 aromatic rings. The van der Waals surface area contributed by atoms with E-state index in [0.29, 0.717) is 23.9 Å². The van der Waals surface area contributed by atoms with E-state index in [1.807, 2.05) is 29.2 Å². The van der Waals surface area contributed by atoms with Gasteiger partial charge in [-0.1, -0.05) is 43.8 Å². The van der Waals surface area contributed by atoms with E-state index in [0.717, 1.165) is 36.9 Å². The second-order valence-electron chi connectivity index (χ2n) is 5.48. The SMILES string of the molecule is CCC1CCC(=O)N(Cc2cccc(C(N)=S)c2)CC1. The zero-order chi connectivity index (χ0) is 14.5. The van der Waals surface area contributed by atoms with Crippen molar-refractivity contribution in [3.05, 3.63) is 35.4 Å². The van der Waals surface area contributed by atoms with Crippen LogP contribution in [-0.4, -0.2) is 22.3 Å². The molecule has 1 aliphatic rings. The van der Waals surface area contributed by atoms with Crippen molar-refractivity contribution >= 4 is 23.1 Å². The number of rotatable bonds is 4. The zero-order valence-corrected chi connectivity index (χ0v) is 12.8. The Morgan fingerprint density at radius 2 is 2.25 bits per heavy atom. The molecule has 1 unspecified atom stereocenters. The van der Waals surface area contributed by atoms with Gasteiger partial charge >= 0.3 is 0 Å². The van der Waals surface area contributed by atoms with E-state index >= 15 is 0 Å². The Balaban J connectivity index is 2.06. The molecule has 0 saturated carbocycles. The maximum atomic E-state index is 12.2. The largest absolute Gasteiger partial charge is 0.389 e. The Hall–Kier alpha value is -1.42. The van der Waals surface area contributed by atoms with Crippen LogP contribution in [0.2, 0.25) is 0 Å². The van der Waals surface area contributed by atoms with Crippen LogP contribution in [0.25, 0.3) is 0 Å². The number of amides is 1. The number of carbonyl (C=O) groups excluding carboxylic acids is 1. The van der Waals surface area contributed by atoms with E-state index in [2.05, 4.69) is 6.92 Å². The molecule has 0 radical (unpaired) electrons. The minimum Gasteiger partial charge on any atom is -0.389 e. The van der Waals surface area contributed by atoms with Gasteiger partial charge in [0.05, 0.1) is 0 Å². The summed E-state index contributed by atoms with van der Waals surface area (Å²) in [4.78, 5) is 14.5. The summed E-state index contributed by atoms with van der Waals surface area (Å²) in [6.07, 6.45) is 3.97. The maximum absolute atomic E-state index is 12.2. The van der Waals surface area contributed by atoms with Crippen molar-refractivity contribution in [2.24, 2.45) is 11.7 Å². The monoisotopic (exact) mass is 290 g/mol. The minimum absolute atomic E-state index is 0.265. The number of hydrogen-bond acceptors (Lipinski definition) is 2. The highest BCUT2D eigenvalue weighted by molar-refractivity contribution is 7.80. The van der Waals surface area contributed by atoms with Gasteiger partial charge in [0.25, 0.3) is 0 Å². The molecular weight excluding hydrogens is 268 g/mol. The van der Waals surface area contributed by atoms with Gasteiger partial charge in [-0.25, -0.2) is 0 Å². The van der Waals surface area contributed by atoms with Crippen molar-refractivity contribution < 1.29 is 4.79 Å². The van der Waals surface area contributed by atoms with Crippen molar-refractivity contribution in [2.45, 2.75) is 39.2 Å². The standard InChI is InChI=1S/C16H22N2OS/c1-2-12-6-7-15(19)18(9-8-12)11-13-4-3-5-14(10-13)16(17)20/h3-5,10,12H,2,6-9,11H2,1H3,(H2,17,20). The van der Waals surface area contributed by atoms with Gasteiger partial charge in [0.1, 0.15) is 4.99 Å². The molecule has 1 aliphatic heterocycles. The van der Waals surface area contributed by atoms with E-state index in [1.54, 1.807) is 0 Å². The van der Waals surface area contributed by atoms with Gasteiger partial charge < -0.3 is 10.6 Å². The lowest BCUT2D eigenvalue weighted by molar-refractivity contribution is -0.131. The van der Waals surface area contributed by atoms with Crippen LogP contribution in [-0.2, 0) is 11.3 Å². The fourth-order valence-electron chi connectivity index (χ4n) is 2.71. The van der Waals surface area contributed by atoms with E-state index in [4.69, 9.17) is 18.0 Å². The van der Waals surface area contributed by atoms with Gasteiger partial charge in [0.15, 0.2) is 0 Å². The summed E-state index contributed by atoms with van der Waals surface area (Å²) in [6, 6.07) is 7.86. The highest BCUT2D eigenvalue weighted by atomic mass is 32.1.